The first kappa shape index (κ1) is 18.9. The third-order valence-corrected chi connectivity index (χ3v) is 6.72. The molecule has 1 amide bonds. The molecule has 0 saturated carbocycles. The minimum Gasteiger partial charge on any atom is -0.375 e. The van der Waals surface area contributed by atoms with Gasteiger partial charge in [0.05, 0.1) is 11.7 Å². The van der Waals surface area contributed by atoms with Crippen LogP contribution in [0.15, 0.2) is 24.3 Å². The highest BCUT2D eigenvalue weighted by molar-refractivity contribution is 5.77. The summed E-state index contributed by atoms with van der Waals surface area (Å²) in [6.45, 7) is 8.36. The molecule has 4 atom stereocenters. The lowest BCUT2D eigenvalue weighted by molar-refractivity contribution is -0.125. The lowest BCUT2D eigenvalue weighted by Crippen LogP contribution is -2.42. The van der Waals surface area contributed by atoms with Gasteiger partial charge in [-0.25, -0.2) is 0 Å². The van der Waals surface area contributed by atoms with E-state index in [1.165, 1.54) is 11.1 Å². The van der Waals surface area contributed by atoms with Crippen LogP contribution in [-0.4, -0.2) is 55.9 Å². The number of carbonyl (C=O) groups excluding carboxylic acids is 1. The summed E-state index contributed by atoms with van der Waals surface area (Å²) < 4.78 is 11.4. The van der Waals surface area contributed by atoms with Crippen molar-refractivity contribution in [3.8, 4) is 0 Å². The molecule has 3 fully saturated rings. The smallest absolute Gasteiger partial charge is 0.245 e. The summed E-state index contributed by atoms with van der Waals surface area (Å²) in [5.41, 5.74) is 2.78. The van der Waals surface area contributed by atoms with Gasteiger partial charge in [0.1, 0.15) is 6.61 Å². The van der Waals surface area contributed by atoms with E-state index in [9.17, 15) is 4.79 Å². The second-order valence-corrected chi connectivity index (χ2v) is 8.83. The Balaban J connectivity index is 1.38. The predicted molar refractivity (Wildman–Crippen MR) is 105 cm³/mol. The molecule has 1 aromatic carbocycles. The van der Waals surface area contributed by atoms with E-state index in [1.807, 2.05) is 0 Å². The van der Waals surface area contributed by atoms with Crippen LogP contribution >= 0.6 is 0 Å². The predicted octanol–water partition coefficient (Wildman–Crippen LogP) is 2.55. The molecular weight excluding hydrogens is 340 g/mol. The summed E-state index contributed by atoms with van der Waals surface area (Å²) in [5, 5.41) is 3.04. The summed E-state index contributed by atoms with van der Waals surface area (Å²) in [6, 6.07) is 9.04. The van der Waals surface area contributed by atoms with Crippen molar-refractivity contribution < 1.29 is 14.3 Å². The molecule has 1 aromatic rings. The standard InChI is InChI=1S/C22H32N2O3/c1-15(2)17-6-4-16(5-7-17)11-24-12-19-18(10-23-21(25)13-26-3)20-8-9-22(19,14-24)27-20/h4-7,15,18-20H,8-14H2,1-3H3,(H,23,25)/t18-,19+,20+,22+/m0/s1. The number of nitrogens with one attached hydrogen (secondary N) is 1. The van der Waals surface area contributed by atoms with Gasteiger partial charge in [-0.2, -0.15) is 0 Å². The Bertz CT molecular complexity index is 675. The summed E-state index contributed by atoms with van der Waals surface area (Å²) in [7, 11) is 1.55. The van der Waals surface area contributed by atoms with Gasteiger partial charge in [-0.3, -0.25) is 9.69 Å². The van der Waals surface area contributed by atoms with E-state index < -0.39 is 0 Å². The zero-order chi connectivity index (χ0) is 19.0. The molecule has 1 N–H and O–H groups in total. The molecule has 148 valence electrons. The van der Waals surface area contributed by atoms with Crippen LogP contribution in [0.4, 0.5) is 0 Å². The Morgan fingerprint density at radius 1 is 1.37 bits per heavy atom. The maximum atomic E-state index is 11.8. The maximum absolute atomic E-state index is 11.8. The Kier molecular flexibility index (Phi) is 5.28. The molecular formula is C22H32N2O3. The number of fused-ring (bicyclic) bond motifs is 1. The first-order chi connectivity index (χ1) is 13.0. The largest absolute Gasteiger partial charge is 0.375 e. The lowest BCUT2D eigenvalue weighted by atomic mass is 9.73. The van der Waals surface area contributed by atoms with Crippen molar-refractivity contribution in [2.24, 2.45) is 11.8 Å². The third-order valence-electron chi connectivity index (χ3n) is 6.72. The quantitative estimate of drug-likeness (QED) is 0.799. The Morgan fingerprint density at radius 3 is 2.85 bits per heavy atom. The molecule has 3 aliphatic rings. The van der Waals surface area contributed by atoms with E-state index >= 15 is 0 Å². The number of carbonyl (C=O) groups is 1. The van der Waals surface area contributed by atoms with Crippen LogP contribution in [0.25, 0.3) is 0 Å². The minimum atomic E-state index is -0.0329. The minimum absolute atomic E-state index is 0.0131. The second-order valence-electron chi connectivity index (χ2n) is 8.83. The van der Waals surface area contributed by atoms with E-state index in [0.29, 0.717) is 30.4 Å². The first-order valence-electron chi connectivity index (χ1n) is 10.3. The summed E-state index contributed by atoms with van der Waals surface area (Å²) in [6.07, 6.45) is 2.59. The Morgan fingerprint density at radius 2 is 2.15 bits per heavy atom. The molecule has 0 aromatic heterocycles. The molecule has 1 spiro atoms. The number of benzene rings is 1. The first-order valence-corrected chi connectivity index (χ1v) is 10.3. The van der Waals surface area contributed by atoms with Gasteiger partial charge in [-0.05, 0) is 29.9 Å². The number of hydrogen-bond donors (Lipinski definition) is 1. The molecule has 0 aliphatic carbocycles. The highest BCUT2D eigenvalue weighted by Gasteiger charge is 2.62. The van der Waals surface area contributed by atoms with Gasteiger partial charge in [-0.1, -0.05) is 38.1 Å². The van der Waals surface area contributed by atoms with Gasteiger partial charge >= 0.3 is 0 Å². The van der Waals surface area contributed by atoms with Gasteiger partial charge < -0.3 is 14.8 Å². The van der Waals surface area contributed by atoms with Crippen LogP contribution in [0, 0.1) is 11.8 Å². The number of ether oxygens (including phenoxy) is 2. The highest BCUT2D eigenvalue weighted by atomic mass is 16.5. The molecule has 5 heteroatoms. The molecule has 3 heterocycles. The van der Waals surface area contributed by atoms with E-state index in [1.54, 1.807) is 7.11 Å². The zero-order valence-electron chi connectivity index (χ0n) is 16.7. The van der Waals surface area contributed by atoms with Gasteiger partial charge in [0.15, 0.2) is 0 Å². The second kappa shape index (κ2) is 7.53. The fourth-order valence-corrected chi connectivity index (χ4v) is 5.36. The average molecular weight is 373 g/mol. The summed E-state index contributed by atoms with van der Waals surface area (Å²) >= 11 is 0. The maximum Gasteiger partial charge on any atom is 0.245 e. The molecule has 3 aliphatic heterocycles. The fourth-order valence-electron chi connectivity index (χ4n) is 5.36. The van der Waals surface area contributed by atoms with E-state index in [-0.39, 0.29) is 18.1 Å². The van der Waals surface area contributed by atoms with Crippen LogP contribution < -0.4 is 5.32 Å². The van der Waals surface area contributed by atoms with Crippen molar-refractivity contribution in [3.05, 3.63) is 35.4 Å². The Hall–Kier alpha value is -1.43. The highest BCUT2D eigenvalue weighted by Crippen LogP contribution is 2.54. The lowest BCUT2D eigenvalue weighted by Gasteiger charge is -2.29. The monoisotopic (exact) mass is 372 g/mol. The van der Waals surface area contributed by atoms with Crippen molar-refractivity contribution in [2.75, 3.05) is 33.4 Å². The number of nitrogens with zero attached hydrogens (tertiary/aromatic N) is 1. The van der Waals surface area contributed by atoms with Crippen LogP contribution in [0.3, 0.4) is 0 Å². The number of hydrogen-bond acceptors (Lipinski definition) is 4. The molecule has 27 heavy (non-hydrogen) atoms. The van der Waals surface area contributed by atoms with E-state index in [0.717, 1.165) is 32.5 Å². The van der Waals surface area contributed by atoms with E-state index in [2.05, 4.69) is 48.3 Å². The van der Waals surface area contributed by atoms with Crippen molar-refractivity contribution in [2.45, 2.75) is 50.9 Å². The summed E-state index contributed by atoms with van der Waals surface area (Å²) in [4.78, 5) is 14.3. The molecule has 2 bridgehead atoms. The number of methoxy groups -OCH3 is 1. The SMILES string of the molecule is COCC(=O)NC[C@H]1[C@H]2CN(Cc3ccc(C(C)C)cc3)C[C@]23CC[C@H]1O3. The van der Waals surface area contributed by atoms with Crippen LogP contribution in [0.1, 0.15) is 43.7 Å². The number of amides is 1. The van der Waals surface area contributed by atoms with Gasteiger partial charge in [0.2, 0.25) is 5.91 Å². The van der Waals surface area contributed by atoms with Crippen LogP contribution in [0.2, 0.25) is 0 Å². The average Bonchev–Trinajstić information content (AvgIpc) is 3.28. The van der Waals surface area contributed by atoms with Crippen molar-refractivity contribution in [1.29, 1.82) is 0 Å². The fraction of sp³-hybridized carbons (Fsp3) is 0.682. The summed E-state index contributed by atoms with van der Waals surface area (Å²) in [5.74, 6) is 1.48. The molecule has 0 unspecified atom stereocenters. The topological polar surface area (TPSA) is 50.8 Å². The van der Waals surface area contributed by atoms with Crippen LogP contribution in [0.5, 0.6) is 0 Å². The molecule has 4 rings (SSSR count). The number of likely N-dealkylation sites (tertiary alicyclic amines) is 1. The zero-order valence-corrected chi connectivity index (χ0v) is 16.7. The van der Waals surface area contributed by atoms with Gasteiger partial charge in [-0.15, -0.1) is 0 Å². The Labute approximate surface area is 162 Å². The molecule has 5 nitrogen and oxygen atoms in total. The molecule has 3 saturated heterocycles. The third kappa shape index (κ3) is 3.65. The normalized spacial score (nSPS) is 32.2. The number of rotatable bonds is 7. The van der Waals surface area contributed by atoms with Crippen molar-refractivity contribution in [3.63, 3.8) is 0 Å². The van der Waals surface area contributed by atoms with Gasteiger partial charge in [0, 0.05) is 45.1 Å². The van der Waals surface area contributed by atoms with Crippen LogP contribution in [-0.2, 0) is 20.8 Å². The van der Waals surface area contributed by atoms with Crippen molar-refractivity contribution in [1.82, 2.24) is 10.2 Å². The van der Waals surface area contributed by atoms with Crippen molar-refractivity contribution >= 4 is 5.91 Å². The molecule has 0 radical (unpaired) electrons. The van der Waals surface area contributed by atoms with Gasteiger partial charge in [0.25, 0.3) is 0 Å². The van der Waals surface area contributed by atoms with E-state index in [4.69, 9.17) is 9.47 Å².